The molecule has 0 saturated carbocycles. The molecule has 0 unspecified atom stereocenters. The van der Waals surface area contributed by atoms with Crippen molar-refractivity contribution < 1.29 is 9.53 Å². The molecule has 2 aromatic rings. The molecule has 1 amide bonds. The Bertz CT molecular complexity index is 836. The quantitative estimate of drug-likeness (QED) is 0.307. The molecule has 3 rings (SSSR count). The van der Waals surface area contributed by atoms with Gasteiger partial charge in [0.1, 0.15) is 11.9 Å². The zero-order chi connectivity index (χ0) is 21.2. The van der Waals surface area contributed by atoms with Crippen LogP contribution in [0.4, 0.5) is 5.69 Å². The molecule has 0 radical (unpaired) electrons. The number of anilines is 1. The number of carbonyl (C=O) groups excluding carboxylic acids is 1. The number of aliphatic imine (C=N–C) groups is 1. The summed E-state index contributed by atoms with van der Waals surface area (Å²) in [5.41, 5.74) is 1.94. The second kappa shape index (κ2) is 13.2. The average Bonchev–Trinajstić information content (AvgIpc) is 2.76. The normalized spacial score (nSPS) is 14.5. The summed E-state index contributed by atoms with van der Waals surface area (Å²) in [4.78, 5) is 18.5. The Kier molecular flexibility index (Phi) is 10.6. The Morgan fingerprint density at radius 2 is 1.87 bits per heavy atom. The predicted molar refractivity (Wildman–Crippen MR) is 137 cm³/mol. The van der Waals surface area contributed by atoms with Crippen LogP contribution in [0.5, 0.6) is 5.75 Å². The van der Waals surface area contributed by atoms with Gasteiger partial charge in [-0.15, -0.1) is 24.0 Å². The van der Waals surface area contributed by atoms with E-state index >= 15 is 0 Å². The van der Waals surface area contributed by atoms with E-state index in [1.165, 1.54) is 0 Å². The predicted octanol–water partition coefficient (Wildman–Crippen LogP) is 4.66. The molecule has 0 aliphatic carbocycles. The minimum absolute atomic E-state index is 0. The summed E-state index contributed by atoms with van der Waals surface area (Å²) >= 11 is 0. The van der Waals surface area contributed by atoms with E-state index in [2.05, 4.69) is 26.6 Å². The van der Waals surface area contributed by atoms with Gasteiger partial charge in [-0.2, -0.15) is 0 Å². The molecular weight excluding hydrogens is 503 g/mol. The number of nitrogens with one attached hydrogen (secondary N) is 2. The number of hydrogen-bond acceptors (Lipinski definition) is 3. The van der Waals surface area contributed by atoms with Crippen molar-refractivity contribution in [3.05, 3.63) is 60.2 Å². The number of para-hydroxylation sites is 1. The highest BCUT2D eigenvalue weighted by molar-refractivity contribution is 14.0. The summed E-state index contributed by atoms with van der Waals surface area (Å²) in [6.07, 6.45) is 3.56. The summed E-state index contributed by atoms with van der Waals surface area (Å²) in [5, 5.41) is 6.40. The highest BCUT2D eigenvalue weighted by Crippen LogP contribution is 2.19. The molecule has 0 atom stereocenters. The van der Waals surface area contributed by atoms with Crippen molar-refractivity contribution in [3.8, 4) is 5.75 Å². The van der Waals surface area contributed by atoms with Crippen molar-refractivity contribution in [3.63, 3.8) is 0 Å². The van der Waals surface area contributed by atoms with Gasteiger partial charge in [0.05, 0.1) is 0 Å². The zero-order valence-corrected chi connectivity index (χ0v) is 20.7. The van der Waals surface area contributed by atoms with E-state index in [0.29, 0.717) is 13.0 Å². The SMILES string of the molecule is CCCC(=O)Nc1cccc(CNC(=NC)N2CCC(Oc3ccccc3)CC2)c1.I. The number of ether oxygens (including phenoxy) is 1. The monoisotopic (exact) mass is 536 g/mol. The van der Waals surface area contributed by atoms with E-state index in [9.17, 15) is 4.79 Å². The molecule has 6 nitrogen and oxygen atoms in total. The van der Waals surface area contributed by atoms with E-state index < -0.39 is 0 Å². The van der Waals surface area contributed by atoms with Crippen LogP contribution < -0.4 is 15.4 Å². The first-order valence-electron chi connectivity index (χ1n) is 10.7. The Morgan fingerprint density at radius 1 is 1.13 bits per heavy atom. The summed E-state index contributed by atoms with van der Waals surface area (Å²) in [6.45, 7) is 4.47. The largest absolute Gasteiger partial charge is 0.490 e. The molecule has 0 aromatic heterocycles. The lowest BCUT2D eigenvalue weighted by molar-refractivity contribution is -0.116. The van der Waals surface area contributed by atoms with Crippen LogP contribution in [-0.4, -0.2) is 43.0 Å². The topological polar surface area (TPSA) is 66.0 Å². The number of nitrogens with zero attached hydrogens (tertiary/aromatic N) is 2. The van der Waals surface area contributed by atoms with Gasteiger partial charge in [0, 0.05) is 51.6 Å². The number of amides is 1. The number of benzene rings is 2. The third-order valence-corrected chi connectivity index (χ3v) is 5.14. The molecule has 1 heterocycles. The molecule has 1 aliphatic heterocycles. The lowest BCUT2D eigenvalue weighted by Crippen LogP contribution is -2.47. The Balaban J connectivity index is 0.00000341. The molecule has 168 valence electrons. The third kappa shape index (κ3) is 8.05. The van der Waals surface area contributed by atoms with Crippen LogP contribution in [0.25, 0.3) is 0 Å². The molecule has 1 fully saturated rings. The number of hydrogen-bond donors (Lipinski definition) is 2. The van der Waals surface area contributed by atoms with E-state index in [0.717, 1.165) is 55.3 Å². The maximum Gasteiger partial charge on any atom is 0.224 e. The van der Waals surface area contributed by atoms with Crippen molar-refractivity contribution >= 4 is 41.5 Å². The lowest BCUT2D eigenvalue weighted by Gasteiger charge is -2.34. The summed E-state index contributed by atoms with van der Waals surface area (Å²) in [7, 11) is 1.82. The first-order chi connectivity index (χ1) is 14.7. The van der Waals surface area contributed by atoms with Crippen LogP contribution in [0.1, 0.15) is 38.2 Å². The fourth-order valence-electron chi connectivity index (χ4n) is 3.60. The van der Waals surface area contributed by atoms with Gasteiger partial charge in [-0.25, -0.2) is 0 Å². The molecule has 31 heavy (non-hydrogen) atoms. The van der Waals surface area contributed by atoms with Crippen LogP contribution >= 0.6 is 24.0 Å². The van der Waals surface area contributed by atoms with E-state index in [1.807, 2.05) is 62.5 Å². The standard InChI is InChI=1S/C24H32N4O2.HI/c1-3-8-23(29)27-20-10-7-9-19(17-20)18-26-24(25-2)28-15-13-22(14-16-28)30-21-11-5-4-6-12-21;/h4-7,9-12,17,22H,3,8,13-16,18H2,1-2H3,(H,25,26)(H,27,29);1H. The molecule has 0 bridgehead atoms. The Hall–Kier alpha value is -2.29. The maximum atomic E-state index is 11.8. The van der Waals surface area contributed by atoms with Gasteiger partial charge >= 0.3 is 0 Å². The fraction of sp³-hybridized carbons (Fsp3) is 0.417. The van der Waals surface area contributed by atoms with Crippen LogP contribution in [0.15, 0.2) is 59.6 Å². The first kappa shape index (κ1) is 25.0. The number of carbonyl (C=O) groups is 1. The van der Waals surface area contributed by atoms with Gasteiger partial charge in [-0.05, 0) is 36.2 Å². The summed E-state index contributed by atoms with van der Waals surface area (Å²) in [5.74, 6) is 1.89. The van der Waals surface area contributed by atoms with Crippen molar-refractivity contribution in [2.24, 2.45) is 4.99 Å². The summed E-state index contributed by atoms with van der Waals surface area (Å²) < 4.78 is 6.09. The van der Waals surface area contributed by atoms with E-state index in [-0.39, 0.29) is 36.0 Å². The number of guanidine groups is 1. The molecule has 2 N–H and O–H groups in total. The van der Waals surface area contributed by atoms with E-state index in [4.69, 9.17) is 4.74 Å². The minimum atomic E-state index is 0. The van der Waals surface area contributed by atoms with E-state index in [1.54, 1.807) is 0 Å². The molecule has 1 saturated heterocycles. The smallest absolute Gasteiger partial charge is 0.224 e. The van der Waals surface area contributed by atoms with Crippen molar-refractivity contribution in [2.45, 2.75) is 45.3 Å². The Labute approximate surface area is 202 Å². The second-order valence-electron chi connectivity index (χ2n) is 7.52. The highest BCUT2D eigenvalue weighted by atomic mass is 127. The first-order valence-corrected chi connectivity index (χ1v) is 10.7. The lowest BCUT2D eigenvalue weighted by atomic mass is 10.1. The molecule has 2 aromatic carbocycles. The molecule has 1 aliphatic rings. The van der Waals surface area contributed by atoms with Crippen LogP contribution in [0.3, 0.4) is 0 Å². The van der Waals surface area contributed by atoms with Gasteiger partial charge in [0.25, 0.3) is 0 Å². The van der Waals surface area contributed by atoms with Gasteiger partial charge in [-0.3, -0.25) is 9.79 Å². The maximum absolute atomic E-state index is 11.8. The Morgan fingerprint density at radius 3 is 2.55 bits per heavy atom. The zero-order valence-electron chi connectivity index (χ0n) is 18.3. The van der Waals surface area contributed by atoms with Gasteiger partial charge in [0.15, 0.2) is 5.96 Å². The molecule has 7 heteroatoms. The van der Waals surface area contributed by atoms with Crippen molar-refractivity contribution in [2.75, 3.05) is 25.5 Å². The molecule has 0 spiro atoms. The van der Waals surface area contributed by atoms with Crippen molar-refractivity contribution in [1.29, 1.82) is 0 Å². The number of rotatable bonds is 7. The third-order valence-electron chi connectivity index (χ3n) is 5.14. The minimum Gasteiger partial charge on any atom is -0.490 e. The van der Waals surface area contributed by atoms with Gasteiger partial charge in [-0.1, -0.05) is 37.3 Å². The van der Waals surface area contributed by atoms with Crippen molar-refractivity contribution in [1.82, 2.24) is 10.2 Å². The second-order valence-corrected chi connectivity index (χ2v) is 7.52. The summed E-state index contributed by atoms with van der Waals surface area (Å²) in [6, 6.07) is 18.0. The molecular formula is C24H33IN4O2. The fourth-order valence-corrected chi connectivity index (χ4v) is 3.60. The average molecular weight is 536 g/mol. The number of likely N-dealkylation sites (tertiary alicyclic amines) is 1. The number of halogens is 1. The van der Waals surface area contributed by atoms with Gasteiger partial charge in [0.2, 0.25) is 5.91 Å². The van der Waals surface area contributed by atoms with Crippen LogP contribution in [0.2, 0.25) is 0 Å². The number of piperidine rings is 1. The van der Waals surface area contributed by atoms with Gasteiger partial charge < -0.3 is 20.3 Å². The van der Waals surface area contributed by atoms with Crippen LogP contribution in [-0.2, 0) is 11.3 Å². The highest BCUT2D eigenvalue weighted by Gasteiger charge is 2.22. The van der Waals surface area contributed by atoms with Crippen LogP contribution in [0, 0.1) is 0 Å².